The number of carboxylic acid groups (broad SMARTS) is 1. The van der Waals surface area contributed by atoms with E-state index in [1.807, 2.05) is 12.1 Å². The van der Waals surface area contributed by atoms with Gasteiger partial charge in [0.1, 0.15) is 0 Å². The van der Waals surface area contributed by atoms with Crippen molar-refractivity contribution in [2.45, 2.75) is 12.8 Å². The predicted molar refractivity (Wildman–Crippen MR) is 91.8 cm³/mol. The van der Waals surface area contributed by atoms with Crippen molar-refractivity contribution in [3.63, 3.8) is 0 Å². The molecule has 0 spiro atoms. The molecule has 1 aromatic carbocycles. The van der Waals surface area contributed by atoms with E-state index >= 15 is 0 Å². The van der Waals surface area contributed by atoms with Gasteiger partial charge in [0.2, 0.25) is 0 Å². The Morgan fingerprint density at radius 3 is 2.68 bits per heavy atom. The highest BCUT2D eigenvalue weighted by Gasteiger charge is 2.47. The molecule has 1 aromatic heterocycles. The van der Waals surface area contributed by atoms with E-state index in [4.69, 9.17) is 11.6 Å². The number of nitrogens with zero attached hydrogens (tertiary/aromatic N) is 3. The van der Waals surface area contributed by atoms with Crippen LogP contribution in [0, 0.1) is 17.8 Å². The minimum absolute atomic E-state index is 0.0662. The average molecular weight is 360 g/mol. The molecule has 2 aromatic rings. The third-order valence-electron chi connectivity index (χ3n) is 5.08. The second kappa shape index (κ2) is 6.19. The molecular weight excluding hydrogens is 342 g/mol. The summed E-state index contributed by atoms with van der Waals surface area (Å²) >= 11 is 5.99. The molecule has 25 heavy (non-hydrogen) atoms. The van der Waals surface area contributed by atoms with Gasteiger partial charge in [-0.05, 0) is 48.9 Å². The first-order valence-electron chi connectivity index (χ1n) is 8.36. The van der Waals surface area contributed by atoms with E-state index in [1.165, 1.54) is 0 Å². The molecule has 0 radical (unpaired) electrons. The summed E-state index contributed by atoms with van der Waals surface area (Å²) in [5.74, 6) is -0.974. The first-order chi connectivity index (χ1) is 12.0. The smallest absolute Gasteiger partial charge is 0.308 e. The largest absolute Gasteiger partial charge is 0.481 e. The van der Waals surface area contributed by atoms with Crippen LogP contribution in [0.5, 0.6) is 0 Å². The number of benzene rings is 1. The summed E-state index contributed by atoms with van der Waals surface area (Å²) in [5.41, 5.74) is 1.09. The van der Waals surface area contributed by atoms with Crippen LogP contribution < -0.4 is 0 Å². The van der Waals surface area contributed by atoms with E-state index < -0.39 is 11.9 Å². The zero-order chi connectivity index (χ0) is 17.6. The van der Waals surface area contributed by atoms with Crippen LogP contribution in [-0.4, -0.2) is 44.8 Å². The van der Waals surface area contributed by atoms with Crippen LogP contribution in [0.3, 0.4) is 0 Å². The van der Waals surface area contributed by atoms with Gasteiger partial charge in [-0.15, -0.1) is 0 Å². The number of carbonyl (C=O) groups excluding carboxylic acids is 1. The third kappa shape index (κ3) is 3.14. The molecule has 2 aliphatic rings. The minimum Gasteiger partial charge on any atom is -0.481 e. The molecular formula is C18H18ClN3O3. The van der Waals surface area contributed by atoms with Gasteiger partial charge in [-0.2, -0.15) is 5.10 Å². The van der Waals surface area contributed by atoms with Crippen molar-refractivity contribution in [1.82, 2.24) is 14.7 Å². The number of amides is 1. The number of aromatic nitrogens is 2. The standard InChI is InChI=1S/C18H18ClN3O3/c19-12-2-1-3-13(8-12)22-7-6-16(20-22)17(23)21-9-14(11-4-5-11)15(10-21)18(24)25/h1-3,6-8,11,14-15H,4-5,9-10H2,(H,24,25)/t14-,15+/m1/s1. The Bertz CT molecular complexity index is 830. The SMILES string of the molecule is O=C(O)[C@H]1CN(C(=O)c2ccn(-c3cccc(Cl)c3)n2)C[C@@H]1C1CC1. The average Bonchev–Trinajstić information content (AvgIpc) is 3.14. The molecule has 4 rings (SSSR count). The molecule has 0 bridgehead atoms. The number of hydrogen-bond acceptors (Lipinski definition) is 3. The second-order valence-electron chi connectivity index (χ2n) is 6.78. The van der Waals surface area contributed by atoms with Gasteiger partial charge in [0, 0.05) is 24.3 Å². The molecule has 2 fully saturated rings. The lowest BCUT2D eigenvalue weighted by atomic mass is 9.92. The van der Waals surface area contributed by atoms with Gasteiger partial charge >= 0.3 is 5.97 Å². The fourth-order valence-electron chi connectivity index (χ4n) is 3.62. The molecule has 7 heteroatoms. The maximum atomic E-state index is 12.7. The lowest BCUT2D eigenvalue weighted by Gasteiger charge is -2.14. The van der Waals surface area contributed by atoms with Gasteiger partial charge in [-0.25, -0.2) is 4.68 Å². The van der Waals surface area contributed by atoms with E-state index in [2.05, 4.69) is 5.10 Å². The monoisotopic (exact) mass is 359 g/mol. The van der Waals surface area contributed by atoms with Crippen molar-refractivity contribution in [2.75, 3.05) is 13.1 Å². The fraction of sp³-hybridized carbons (Fsp3) is 0.389. The number of likely N-dealkylation sites (tertiary alicyclic amines) is 1. The molecule has 2 atom stereocenters. The maximum absolute atomic E-state index is 12.7. The molecule has 1 aliphatic heterocycles. The second-order valence-corrected chi connectivity index (χ2v) is 7.22. The minimum atomic E-state index is -0.809. The summed E-state index contributed by atoms with van der Waals surface area (Å²) in [4.78, 5) is 25.9. The Balaban J connectivity index is 1.53. The van der Waals surface area contributed by atoms with Gasteiger partial charge in [-0.3, -0.25) is 9.59 Å². The Kier molecular flexibility index (Phi) is 4.00. The maximum Gasteiger partial charge on any atom is 0.308 e. The van der Waals surface area contributed by atoms with Crippen molar-refractivity contribution in [2.24, 2.45) is 17.8 Å². The van der Waals surface area contributed by atoms with Crippen molar-refractivity contribution in [3.8, 4) is 5.69 Å². The van der Waals surface area contributed by atoms with Gasteiger partial charge in [-0.1, -0.05) is 17.7 Å². The molecule has 2 heterocycles. The van der Waals surface area contributed by atoms with Gasteiger partial charge in [0.25, 0.3) is 5.91 Å². The Labute approximate surface area is 150 Å². The highest BCUT2D eigenvalue weighted by molar-refractivity contribution is 6.30. The molecule has 0 unspecified atom stereocenters. The fourth-order valence-corrected chi connectivity index (χ4v) is 3.81. The van der Waals surface area contributed by atoms with Gasteiger partial charge < -0.3 is 10.0 Å². The number of aliphatic carboxylic acids is 1. The zero-order valence-electron chi connectivity index (χ0n) is 13.5. The van der Waals surface area contributed by atoms with Gasteiger partial charge in [0.15, 0.2) is 5.69 Å². The summed E-state index contributed by atoms with van der Waals surface area (Å²) in [5, 5.41) is 14.4. The van der Waals surface area contributed by atoms with Crippen LogP contribution in [0.1, 0.15) is 23.3 Å². The molecule has 1 N–H and O–H groups in total. The first kappa shape index (κ1) is 16.1. The van der Waals surface area contributed by atoms with Crippen molar-refractivity contribution in [3.05, 3.63) is 47.2 Å². The molecule has 1 saturated heterocycles. The van der Waals surface area contributed by atoms with Gasteiger partial charge in [0.05, 0.1) is 11.6 Å². The summed E-state index contributed by atoms with van der Waals surface area (Å²) in [6.45, 7) is 0.768. The Morgan fingerprint density at radius 1 is 1.20 bits per heavy atom. The summed E-state index contributed by atoms with van der Waals surface area (Å²) in [6.07, 6.45) is 3.85. The lowest BCUT2D eigenvalue weighted by Crippen LogP contribution is -2.30. The van der Waals surface area contributed by atoms with Crippen molar-refractivity contribution < 1.29 is 14.7 Å². The zero-order valence-corrected chi connectivity index (χ0v) is 14.3. The van der Waals surface area contributed by atoms with Crippen molar-refractivity contribution in [1.29, 1.82) is 0 Å². The van der Waals surface area contributed by atoms with E-state index in [-0.39, 0.29) is 18.4 Å². The van der Waals surface area contributed by atoms with Crippen LogP contribution >= 0.6 is 11.6 Å². The van der Waals surface area contributed by atoms with Crippen LogP contribution in [0.2, 0.25) is 5.02 Å². The molecule has 1 saturated carbocycles. The number of rotatable bonds is 4. The van der Waals surface area contributed by atoms with E-state index in [0.717, 1.165) is 18.5 Å². The first-order valence-corrected chi connectivity index (χ1v) is 8.74. The van der Waals surface area contributed by atoms with E-state index in [9.17, 15) is 14.7 Å². The normalized spacial score (nSPS) is 23.0. The van der Waals surface area contributed by atoms with Crippen LogP contribution in [0.15, 0.2) is 36.5 Å². The van der Waals surface area contributed by atoms with Crippen molar-refractivity contribution >= 4 is 23.5 Å². The number of carbonyl (C=O) groups is 2. The summed E-state index contributed by atoms with van der Waals surface area (Å²) in [6, 6.07) is 8.87. The highest BCUT2D eigenvalue weighted by Crippen LogP contribution is 2.44. The van der Waals surface area contributed by atoms with E-state index in [0.29, 0.717) is 23.2 Å². The molecule has 6 nitrogen and oxygen atoms in total. The summed E-state index contributed by atoms with van der Waals surface area (Å²) < 4.78 is 1.60. The topological polar surface area (TPSA) is 75.4 Å². The summed E-state index contributed by atoms with van der Waals surface area (Å²) in [7, 11) is 0. The lowest BCUT2D eigenvalue weighted by molar-refractivity contribution is -0.142. The van der Waals surface area contributed by atoms with Crippen LogP contribution in [0.4, 0.5) is 0 Å². The molecule has 1 amide bonds. The van der Waals surface area contributed by atoms with Crippen LogP contribution in [0.25, 0.3) is 5.69 Å². The Hall–Kier alpha value is -2.34. The highest BCUT2D eigenvalue weighted by atomic mass is 35.5. The third-order valence-corrected chi connectivity index (χ3v) is 5.31. The molecule has 130 valence electrons. The Morgan fingerprint density at radius 2 is 2.00 bits per heavy atom. The number of halogens is 1. The number of hydrogen-bond donors (Lipinski definition) is 1. The van der Waals surface area contributed by atoms with Crippen LogP contribution in [-0.2, 0) is 4.79 Å². The molecule has 1 aliphatic carbocycles. The van der Waals surface area contributed by atoms with E-state index in [1.54, 1.807) is 34.0 Å². The number of carboxylic acids is 1. The quantitative estimate of drug-likeness (QED) is 0.910. The predicted octanol–water partition coefficient (Wildman–Crippen LogP) is 2.71.